The molecule has 0 atom stereocenters. The molecule has 10 aromatic rings. The molecule has 0 aliphatic heterocycles. The van der Waals surface area contributed by atoms with Gasteiger partial charge in [-0.25, -0.2) is 15.0 Å². The third-order valence-electron chi connectivity index (χ3n) is 9.73. The van der Waals surface area contributed by atoms with Crippen molar-refractivity contribution in [2.45, 2.75) is 6.92 Å². The van der Waals surface area contributed by atoms with Crippen molar-refractivity contribution in [3.05, 3.63) is 169 Å². The van der Waals surface area contributed by atoms with Gasteiger partial charge in [-0.3, -0.25) is 0 Å². The summed E-state index contributed by atoms with van der Waals surface area (Å²) >= 11 is 0. The Morgan fingerprint density at radius 1 is 0.451 bits per heavy atom. The molecule has 0 bridgehead atoms. The number of nitrogens with zero attached hydrogens (tertiary/aromatic N) is 4. The van der Waals surface area contributed by atoms with Crippen LogP contribution in [0.5, 0.6) is 0 Å². The third kappa shape index (κ3) is 4.82. The van der Waals surface area contributed by atoms with Gasteiger partial charge in [-0.05, 0) is 55.0 Å². The Balaban J connectivity index is 1.28. The van der Waals surface area contributed by atoms with E-state index in [0.717, 1.165) is 66.5 Å². The third-order valence-corrected chi connectivity index (χ3v) is 9.73. The van der Waals surface area contributed by atoms with Crippen molar-refractivity contribution in [3.63, 3.8) is 0 Å². The van der Waals surface area contributed by atoms with E-state index in [0.29, 0.717) is 17.5 Å². The topological polar surface area (TPSA) is 56.7 Å². The van der Waals surface area contributed by atoms with Gasteiger partial charge < -0.3 is 8.98 Å². The zero-order chi connectivity index (χ0) is 33.9. The van der Waals surface area contributed by atoms with E-state index in [4.69, 9.17) is 19.4 Å². The lowest BCUT2D eigenvalue weighted by molar-refractivity contribution is 0.669. The minimum atomic E-state index is 0.619. The normalized spacial score (nSPS) is 11.6. The van der Waals surface area contributed by atoms with Crippen LogP contribution in [0.25, 0.3) is 94.7 Å². The molecule has 5 heteroatoms. The van der Waals surface area contributed by atoms with E-state index in [-0.39, 0.29) is 0 Å². The maximum absolute atomic E-state index is 6.41. The summed E-state index contributed by atoms with van der Waals surface area (Å²) in [7, 11) is 0. The summed E-state index contributed by atoms with van der Waals surface area (Å²) in [5, 5.41) is 4.58. The zero-order valence-corrected chi connectivity index (χ0v) is 27.8. The Labute approximate surface area is 294 Å². The molecule has 0 saturated heterocycles. The molecule has 3 aromatic heterocycles. The largest absolute Gasteiger partial charge is 0.456 e. The van der Waals surface area contributed by atoms with Crippen LogP contribution in [0.3, 0.4) is 0 Å². The Morgan fingerprint density at radius 3 is 1.75 bits per heavy atom. The molecule has 0 amide bonds. The number of hydrogen-bond donors (Lipinski definition) is 0. The molecule has 0 radical (unpaired) electrons. The molecule has 0 saturated carbocycles. The first-order valence-electron chi connectivity index (χ1n) is 17.1. The van der Waals surface area contributed by atoms with E-state index in [9.17, 15) is 0 Å². The summed E-state index contributed by atoms with van der Waals surface area (Å²) in [6, 6.07) is 56.8. The van der Waals surface area contributed by atoms with E-state index < -0.39 is 0 Å². The number of furan rings is 1. The van der Waals surface area contributed by atoms with Crippen LogP contribution < -0.4 is 0 Å². The van der Waals surface area contributed by atoms with Crippen molar-refractivity contribution in [2.24, 2.45) is 0 Å². The number of rotatable bonds is 5. The lowest BCUT2D eigenvalue weighted by Crippen LogP contribution is -2.02. The first kappa shape index (κ1) is 29.1. The highest BCUT2D eigenvalue weighted by Gasteiger charge is 2.22. The molecule has 5 nitrogen and oxygen atoms in total. The van der Waals surface area contributed by atoms with Gasteiger partial charge in [-0.2, -0.15) is 0 Å². The van der Waals surface area contributed by atoms with Crippen molar-refractivity contribution < 1.29 is 4.42 Å². The molecule has 3 heterocycles. The Morgan fingerprint density at radius 2 is 1.04 bits per heavy atom. The Hall–Kier alpha value is -6.85. The van der Waals surface area contributed by atoms with Gasteiger partial charge in [0.2, 0.25) is 0 Å². The highest BCUT2D eigenvalue weighted by atomic mass is 16.3. The van der Waals surface area contributed by atoms with Gasteiger partial charge in [0.1, 0.15) is 11.2 Å². The molecule has 10 rings (SSSR count). The van der Waals surface area contributed by atoms with Crippen LogP contribution in [0.4, 0.5) is 0 Å². The Bertz CT molecular complexity index is 2850. The highest BCUT2D eigenvalue weighted by Crippen LogP contribution is 2.43. The van der Waals surface area contributed by atoms with Crippen LogP contribution in [0.2, 0.25) is 0 Å². The first-order valence-corrected chi connectivity index (χ1v) is 17.1. The smallest absolute Gasteiger partial charge is 0.164 e. The molecule has 0 N–H and O–H groups in total. The summed E-state index contributed by atoms with van der Waals surface area (Å²) in [4.78, 5) is 15.1. The van der Waals surface area contributed by atoms with Crippen molar-refractivity contribution in [3.8, 4) is 51.0 Å². The molecule has 0 fully saturated rings. The summed E-state index contributed by atoms with van der Waals surface area (Å²) < 4.78 is 8.82. The van der Waals surface area contributed by atoms with Gasteiger partial charge >= 0.3 is 0 Å². The fourth-order valence-electron chi connectivity index (χ4n) is 7.29. The highest BCUT2D eigenvalue weighted by molar-refractivity contribution is 6.24. The second-order valence-corrected chi connectivity index (χ2v) is 12.9. The van der Waals surface area contributed by atoms with Gasteiger partial charge in [0.15, 0.2) is 17.5 Å². The Kier molecular flexibility index (Phi) is 6.64. The maximum atomic E-state index is 6.41. The minimum Gasteiger partial charge on any atom is -0.456 e. The monoisotopic (exact) mass is 654 g/mol. The fourth-order valence-corrected chi connectivity index (χ4v) is 7.29. The van der Waals surface area contributed by atoms with Gasteiger partial charge in [0.05, 0.1) is 22.1 Å². The van der Waals surface area contributed by atoms with Crippen molar-refractivity contribution in [2.75, 3.05) is 0 Å². The summed E-state index contributed by atoms with van der Waals surface area (Å²) in [6.45, 7) is 2.12. The van der Waals surface area contributed by atoms with E-state index in [1.807, 2.05) is 72.8 Å². The van der Waals surface area contributed by atoms with Crippen molar-refractivity contribution >= 4 is 43.7 Å². The predicted octanol–water partition coefficient (Wildman–Crippen LogP) is 11.8. The first-order chi connectivity index (χ1) is 25.2. The van der Waals surface area contributed by atoms with E-state index in [1.54, 1.807) is 0 Å². The zero-order valence-electron chi connectivity index (χ0n) is 27.8. The lowest BCUT2D eigenvalue weighted by Gasteiger charge is -2.17. The molecular weight excluding hydrogens is 625 g/mol. The molecule has 7 aromatic carbocycles. The van der Waals surface area contributed by atoms with Crippen molar-refractivity contribution in [1.29, 1.82) is 0 Å². The second-order valence-electron chi connectivity index (χ2n) is 12.9. The molecule has 0 spiro atoms. The summed E-state index contributed by atoms with van der Waals surface area (Å²) in [6.07, 6.45) is 0. The average Bonchev–Trinajstić information content (AvgIpc) is 3.74. The van der Waals surface area contributed by atoms with Gasteiger partial charge in [0.25, 0.3) is 0 Å². The summed E-state index contributed by atoms with van der Waals surface area (Å²) in [5.74, 6) is 1.89. The molecular formula is C46H30N4O. The van der Waals surface area contributed by atoms with Crippen LogP contribution in [0.1, 0.15) is 5.56 Å². The minimum absolute atomic E-state index is 0.619. The SMILES string of the molecule is Cc1ccc(-c2cc(-c3nc(-c4ccccc4)nc(-c4ccccc4)n3)ccc2-n2c3ccccc3c3ccc4oc5ccccc5c4c32)cc1. The second kappa shape index (κ2) is 11.6. The van der Waals surface area contributed by atoms with Gasteiger partial charge in [-0.15, -0.1) is 0 Å². The number of fused-ring (bicyclic) bond motifs is 7. The molecule has 0 unspecified atom stereocenters. The molecule has 240 valence electrons. The number of hydrogen-bond acceptors (Lipinski definition) is 4. The van der Waals surface area contributed by atoms with E-state index in [1.165, 1.54) is 16.3 Å². The van der Waals surface area contributed by atoms with Crippen LogP contribution in [0.15, 0.2) is 168 Å². The molecule has 51 heavy (non-hydrogen) atoms. The average molecular weight is 655 g/mol. The number of para-hydroxylation sites is 2. The van der Waals surface area contributed by atoms with Crippen LogP contribution in [0, 0.1) is 6.92 Å². The van der Waals surface area contributed by atoms with Crippen LogP contribution in [-0.2, 0) is 0 Å². The van der Waals surface area contributed by atoms with E-state index in [2.05, 4.69) is 102 Å². The summed E-state index contributed by atoms with van der Waals surface area (Å²) in [5.41, 5.74) is 11.2. The number of benzene rings is 7. The van der Waals surface area contributed by atoms with E-state index >= 15 is 0 Å². The lowest BCUT2D eigenvalue weighted by atomic mass is 9.99. The van der Waals surface area contributed by atoms with Crippen LogP contribution >= 0.6 is 0 Å². The number of aromatic nitrogens is 4. The van der Waals surface area contributed by atoms with Crippen molar-refractivity contribution in [1.82, 2.24) is 19.5 Å². The number of aryl methyl sites for hydroxylation is 1. The molecule has 0 aliphatic rings. The molecule has 0 aliphatic carbocycles. The quantitative estimate of drug-likeness (QED) is 0.185. The fraction of sp³-hybridized carbons (Fsp3) is 0.0217. The standard InChI is InChI=1S/C46H30N4O/c1-29-20-22-30(23-21-29)37-28-33(46-48-44(31-12-4-2-5-13-31)47-45(49-46)32-14-6-3-7-15-32)24-26-39(37)50-38-18-10-8-16-34(38)35-25-27-41-42(43(35)50)36-17-9-11-19-40(36)51-41/h2-28H,1H3. The van der Waals surface area contributed by atoms with Gasteiger partial charge in [-0.1, -0.05) is 127 Å². The van der Waals surface area contributed by atoms with Crippen LogP contribution in [-0.4, -0.2) is 19.5 Å². The maximum Gasteiger partial charge on any atom is 0.164 e. The predicted molar refractivity (Wildman–Crippen MR) is 208 cm³/mol. The van der Waals surface area contributed by atoms with Gasteiger partial charge in [0, 0.05) is 38.4 Å².